The molecule has 1 aromatic carbocycles. The maximum absolute atomic E-state index is 13.9. The topological polar surface area (TPSA) is 64.8 Å². The van der Waals surface area contributed by atoms with Gasteiger partial charge in [-0.1, -0.05) is 0 Å². The summed E-state index contributed by atoms with van der Waals surface area (Å²) in [6, 6.07) is 3.61. The van der Waals surface area contributed by atoms with E-state index in [1.54, 1.807) is 6.20 Å². The Balaban J connectivity index is 1.57. The number of amides is 1. The van der Waals surface area contributed by atoms with Gasteiger partial charge in [0.2, 0.25) is 0 Å². The molecule has 2 aliphatic rings. The van der Waals surface area contributed by atoms with Crippen LogP contribution < -0.4 is 0 Å². The number of halogens is 2. The molecule has 2 unspecified atom stereocenters. The van der Waals surface area contributed by atoms with Gasteiger partial charge in [0.05, 0.1) is 17.8 Å². The van der Waals surface area contributed by atoms with E-state index in [1.807, 2.05) is 4.90 Å². The van der Waals surface area contributed by atoms with E-state index in [1.165, 1.54) is 12.1 Å². The quantitative estimate of drug-likeness (QED) is 0.721. The van der Waals surface area contributed by atoms with Crippen LogP contribution in [0.1, 0.15) is 40.6 Å². The van der Waals surface area contributed by atoms with E-state index in [0.717, 1.165) is 36.6 Å². The van der Waals surface area contributed by atoms with E-state index in [4.69, 9.17) is 0 Å². The van der Waals surface area contributed by atoms with Crippen molar-refractivity contribution in [2.45, 2.75) is 31.3 Å². The summed E-state index contributed by atoms with van der Waals surface area (Å²) in [5.74, 6) is -1.51. The molecule has 7 heteroatoms. The summed E-state index contributed by atoms with van der Waals surface area (Å²) in [6.07, 6.45) is 4.36. The van der Waals surface area contributed by atoms with Crippen LogP contribution in [0.5, 0.6) is 0 Å². The maximum Gasteiger partial charge on any atom is 0.271 e. The molecule has 2 N–H and O–H groups in total. The number of hydrogen-bond donors (Lipinski definition) is 2. The summed E-state index contributed by atoms with van der Waals surface area (Å²) < 4.78 is 27.3. The fourth-order valence-corrected chi connectivity index (χ4v) is 4.12. The van der Waals surface area contributed by atoms with Gasteiger partial charge in [0.25, 0.3) is 5.91 Å². The van der Waals surface area contributed by atoms with E-state index in [9.17, 15) is 13.6 Å². The second kappa shape index (κ2) is 4.66. The molecule has 0 spiro atoms. The van der Waals surface area contributed by atoms with Crippen LogP contribution in [0, 0.1) is 11.6 Å². The van der Waals surface area contributed by atoms with E-state index in [2.05, 4.69) is 15.2 Å². The van der Waals surface area contributed by atoms with Crippen LogP contribution in [0.25, 0.3) is 10.9 Å². The lowest BCUT2D eigenvalue weighted by Crippen LogP contribution is -2.41. The first-order valence-electron chi connectivity index (χ1n) is 7.94. The van der Waals surface area contributed by atoms with Gasteiger partial charge in [-0.25, -0.2) is 8.78 Å². The van der Waals surface area contributed by atoms with Gasteiger partial charge in [0.15, 0.2) is 0 Å². The summed E-state index contributed by atoms with van der Waals surface area (Å²) in [7, 11) is 0. The van der Waals surface area contributed by atoms with Crippen LogP contribution in [-0.4, -0.2) is 32.0 Å². The normalized spacial score (nSPS) is 22.2. The zero-order valence-corrected chi connectivity index (χ0v) is 12.6. The SMILES string of the molecule is O=C(c1cc2c(F)cc(F)cc2[nH]1)N1C2CCC1c1cn[nH]c1C2. The highest BCUT2D eigenvalue weighted by Gasteiger charge is 2.44. The first kappa shape index (κ1) is 13.7. The lowest BCUT2D eigenvalue weighted by molar-refractivity contribution is 0.0640. The Bertz CT molecular complexity index is 976. The minimum Gasteiger partial charge on any atom is -0.350 e. The van der Waals surface area contributed by atoms with Crippen molar-refractivity contribution in [1.82, 2.24) is 20.1 Å². The third kappa shape index (κ3) is 1.78. The minimum absolute atomic E-state index is 0.00186. The molecular weight excluding hydrogens is 314 g/mol. The summed E-state index contributed by atoms with van der Waals surface area (Å²) in [6.45, 7) is 0. The van der Waals surface area contributed by atoms with E-state index < -0.39 is 11.6 Å². The number of benzene rings is 1. The number of hydrogen-bond acceptors (Lipinski definition) is 2. The van der Waals surface area contributed by atoms with Crippen molar-refractivity contribution in [1.29, 1.82) is 0 Å². The molecule has 2 bridgehead atoms. The lowest BCUT2D eigenvalue weighted by Gasteiger charge is -2.34. The van der Waals surface area contributed by atoms with Crippen molar-refractivity contribution in [3.05, 3.63) is 53.0 Å². The summed E-state index contributed by atoms with van der Waals surface area (Å²) in [5, 5.41) is 7.32. The molecule has 1 fully saturated rings. The van der Waals surface area contributed by atoms with Gasteiger partial charge in [-0.2, -0.15) is 5.10 Å². The molecule has 1 amide bonds. The van der Waals surface area contributed by atoms with Crippen molar-refractivity contribution in [3.63, 3.8) is 0 Å². The number of aromatic nitrogens is 3. The number of H-pyrrole nitrogens is 2. The molecule has 0 saturated carbocycles. The lowest BCUT2D eigenvalue weighted by atomic mass is 10.00. The Hall–Kier alpha value is -2.70. The number of aromatic amines is 2. The number of carbonyl (C=O) groups excluding carboxylic acids is 1. The average Bonchev–Trinajstić information content (AvgIpc) is 3.24. The predicted molar refractivity (Wildman–Crippen MR) is 82.4 cm³/mol. The van der Waals surface area contributed by atoms with Gasteiger partial charge in [-0.05, 0) is 25.0 Å². The van der Waals surface area contributed by atoms with Gasteiger partial charge in [0, 0.05) is 35.2 Å². The summed E-state index contributed by atoms with van der Waals surface area (Å²) in [4.78, 5) is 17.7. The zero-order chi connectivity index (χ0) is 16.4. The fraction of sp³-hybridized carbons (Fsp3) is 0.294. The molecule has 0 radical (unpaired) electrons. The molecule has 5 nitrogen and oxygen atoms in total. The summed E-state index contributed by atoms with van der Waals surface area (Å²) >= 11 is 0. The molecule has 24 heavy (non-hydrogen) atoms. The van der Waals surface area contributed by atoms with E-state index in [0.29, 0.717) is 11.2 Å². The van der Waals surface area contributed by atoms with Gasteiger partial charge in [-0.3, -0.25) is 9.89 Å². The van der Waals surface area contributed by atoms with Crippen molar-refractivity contribution in [3.8, 4) is 0 Å². The second-order valence-corrected chi connectivity index (χ2v) is 6.50. The molecule has 1 saturated heterocycles. The second-order valence-electron chi connectivity index (χ2n) is 6.50. The number of rotatable bonds is 1. The van der Waals surface area contributed by atoms with Crippen LogP contribution in [0.15, 0.2) is 24.4 Å². The van der Waals surface area contributed by atoms with Crippen LogP contribution in [0.4, 0.5) is 8.78 Å². The monoisotopic (exact) mass is 328 g/mol. The highest BCUT2D eigenvalue weighted by molar-refractivity contribution is 5.98. The number of nitrogens with one attached hydrogen (secondary N) is 2. The van der Waals surface area contributed by atoms with Crippen LogP contribution in [0.2, 0.25) is 0 Å². The third-order valence-electron chi connectivity index (χ3n) is 5.17. The predicted octanol–water partition coefficient (Wildman–Crippen LogP) is 3.07. The maximum atomic E-state index is 13.9. The molecule has 2 aromatic heterocycles. The van der Waals surface area contributed by atoms with Crippen molar-refractivity contribution in [2.75, 3.05) is 0 Å². The van der Waals surface area contributed by atoms with Crippen molar-refractivity contribution < 1.29 is 13.6 Å². The van der Waals surface area contributed by atoms with Crippen LogP contribution >= 0.6 is 0 Å². The van der Waals surface area contributed by atoms with E-state index >= 15 is 0 Å². The zero-order valence-electron chi connectivity index (χ0n) is 12.6. The first-order valence-corrected chi connectivity index (χ1v) is 7.94. The Kier molecular flexibility index (Phi) is 2.66. The Morgan fingerprint density at radius 1 is 1.25 bits per heavy atom. The summed E-state index contributed by atoms with van der Waals surface area (Å²) in [5.41, 5.74) is 2.74. The van der Waals surface area contributed by atoms with Crippen LogP contribution in [-0.2, 0) is 6.42 Å². The van der Waals surface area contributed by atoms with Gasteiger partial charge in [0.1, 0.15) is 17.3 Å². The third-order valence-corrected chi connectivity index (χ3v) is 5.17. The largest absolute Gasteiger partial charge is 0.350 e. The smallest absolute Gasteiger partial charge is 0.271 e. The number of fused-ring (bicyclic) bond motifs is 5. The standard InChI is InChI=1S/C17H14F2N4O/c18-8-3-12(19)10-6-15(21-13(10)4-8)17(24)23-9-1-2-16(23)11-7-20-22-14(11)5-9/h3-4,6-7,9,16,21H,1-2,5H2,(H,20,22). The van der Waals surface area contributed by atoms with Gasteiger partial charge < -0.3 is 9.88 Å². The molecule has 5 rings (SSSR count). The molecule has 3 aromatic rings. The Morgan fingerprint density at radius 3 is 3.00 bits per heavy atom. The van der Waals surface area contributed by atoms with Crippen LogP contribution in [0.3, 0.4) is 0 Å². The molecule has 122 valence electrons. The highest BCUT2D eigenvalue weighted by Crippen LogP contribution is 2.43. The number of carbonyl (C=O) groups is 1. The average molecular weight is 328 g/mol. The highest BCUT2D eigenvalue weighted by atomic mass is 19.1. The fourth-order valence-electron chi connectivity index (χ4n) is 4.12. The number of nitrogens with zero attached hydrogens (tertiary/aromatic N) is 2. The molecule has 2 atom stereocenters. The Morgan fingerprint density at radius 2 is 2.12 bits per heavy atom. The minimum atomic E-state index is -0.668. The van der Waals surface area contributed by atoms with Crippen molar-refractivity contribution in [2.24, 2.45) is 0 Å². The Labute approximate surface area is 135 Å². The van der Waals surface area contributed by atoms with Gasteiger partial charge in [-0.15, -0.1) is 0 Å². The van der Waals surface area contributed by atoms with E-state index in [-0.39, 0.29) is 23.4 Å². The molecule has 4 heterocycles. The molecular formula is C17H14F2N4O. The first-order chi connectivity index (χ1) is 11.6. The van der Waals surface area contributed by atoms with Gasteiger partial charge >= 0.3 is 0 Å². The molecule has 0 aliphatic carbocycles. The molecule has 2 aliphatic heterocycles. The van der Waals surface area contributed by atoms with Crippen molar-refractivity contribution >= 4 is 16.8 Å².